The molecule has 0 spiro atoms. The molecule has 1 aromatic heterocycles. The van der Waals surface area contributed by atoms with Crippen molar-refractivity contribution in [1.82, 2.24) is 20.1 Å². The molecule has 24 heavy (non-hydrogen) atoms. The Hall–Kier alpha value is -1.64. The molecule has 0 saturated heterocycles. The molecule has 0 radical (unpaired) electrons. The molecule has 2 heterocycles. The lowest BCUT2D eigenvalue weighted by atomic mass is 10.1. The number of hydrogen-bond donors (Lipinski definition) is 2. The van der Waals surface area contributed by atoms with Gasteiger partial charge in [-0.25, -0.2) is 4.99 Å². The van der Waals surface area contributed by atoms with Crippen LogP contribution in [0.3, 0.4) is 0 Å². The fourth-order valence-electron chi connectivity index (χ4n) is 2.85. The van der Waals surface area contributed by atoms with Crippen molar-refractivity contribution >= 4 is 29.9 Å². The van der Waals surface area contributed by atoms with Gasteiger partial charge in [-0.05, 0) is 24.8 Å². The second kappa shape index (κ2) is 9.61. The molecule has 0 bridgehead atoms. The topological polar surface area (TPSA) is 81.1 Å². The van der Waals surface area contributed by atoms with Crippen LogP contribution in [0.4, 0.5) is 0 Å². The molecular formula is C17H25IN6. The van der Waals surface area contributed by atoms with E-state index in [1.54, 1.807) is 0 Å². The lowest BCUT2D eigenvalue weighted by Crippen LogP contribution is -2.33. The standard InChI is InChI=1S/C17H24N6.HI/c18-17(19-11-10-14-7-3-1-4-8-14)20-13-16-22-21-15-9-5-2-6-12-23(15)16;/h1,3-4,7-8H,2,5-6,9-13H2,(H3,18,19,20);1H. The Kier molecular flexibility index (Phi) is 7.48. The van der Waals surface area contributed by atoms with Crippen molar-refractivity contribution < 1.29 is 0 Å². The number of hydrogen-bond acceptors (Lipinski definition) is 3. The Morgan fingerprint density at radius 3 is 2.83 bits per heavy atom. The van der Waals surface area contributed by atoms with Crippen LogP contribution in [0.15, 0.2) is 35.3 Å². The van der Waals surface area contributed by atoms with Crippen LogP contribution in [0.5, 0.6) is 0 Å². The van der Waals surface area contributed by atoms with Crippen LogP contribution in [0.1, 0.15) is 36.5 Å². The third-order valence-electron chi connectivity index (χ3n) is 4.14. The Bertz CT molecular complexity index is 652. The zero-order chi connectivity index (χ0) is 15.9. The van der Waals surface area contributed by atoms with Gasteiger partial charge in [0.15, 0.2) is 11.8 Å². The van der Waals surface area contributed by atoms with Gasteiger partial charge >= 0.3 is 0 Å². The summed E-state index contributed by atoms with van der Waals surface area (Å²) in [6.07, 6.45) is 5.59. The number of fused-ring (bicyclic) bond motifs is 1. The first-order valence-corrected chi connectivity index (χ1v) is 8.31. The molecular weight excluding hydrogens is 415 g/mol. The van der Waals surface area contributed by atoms with Crippen LogP contribution in [-0.2, 0) is 25.9 Å². The number of halogens is 1. The Labute approximate surface area is 160 Å². The highest BCUT2D eigenvalue weighted by Crippen LogP contribution is 2.14. The largest absolute Gasteiger partial charge is 0.370 e. The smallest absolute Gasteiger partial charge is 0.189 e. The molecule has 2 aromatic rings. The van der Waals surface area contributed by atoms with Gasteiger partial charge in [0.1, 0.15) is 12.4 Å². The van der Waals surface area contributed by atoms with Crippen molar-refractivity contribution in [2.75, 3.05) is 6.54 Å². The number of nitrogens with one attached hydrogen (secondary N) is 1. The van der Waals surface area contributed by atoms with Crippen molar-refractivity contribution in [3.05, 3.63) is 47.5 Å². The molecule has 6 nitrogen and oxygen atoms in total. The molecule has 7 heteroatoms. The number of guanidine groups is 1. The van der Waals surface area contributed by atoms with E-state index in [9.17, 15) is 0 Å². The van der Waals surface area contributed by atoms with Gasteiger partial charge in [-0.2, -0.15) is 0 Å². The van der Waals surface area contributed by atoms with E-state index in [0.717, 1.165) is 37.6 Å². The number of nitrogens with zero attached hydrogens (tertiary/aromatic N) is 4. The van der Waals surface area contributed by atoms with Crippen molar-refractivity contribution in [3.63, 3.8) is 0 Å². The van der Waals surface area contributed by atoms with Crippen molar-refractivity contribution in [3.8, 4) is 0 Å². The first kappa shape index (κ1) is 18.7. The number of aryl methyl sites for hydroxylation is 1. The minimum absolute atomic E-state index is 0. The second-order valence-electron chi connectivity index (χ2n) is 5.86. The summed E-state index contributed by atoms with van der Waals surface area (Å²) >= 11 is 0. The molecule has 1 aliphatic heterocycles. The number of aliphatic imine (C=N–C) groups is 1. The summed E-state index contributed by atoms with van der Waals surface area (Å²) in [6, 6.07) is 10.3. The Morgan fingerprint density at radius 1 is 1.17 bits per heavy atom. The molecule has 130 valence electrons. The third kappa shape index (κ3) is 5.19. The summed E-state index contributed by atoms with van der Waals surface area (Å²) in [6.45, 7) is 2.25. The minimum Gasteiger partial charge on any atom is -0.370 e. The summed E-state index contributed by atoms with van der Waals surface area (Å²) in [5.41, 5.74) is 7.23. The summed E-state index contributed by atoms with van der Waals surface area (Å²) in [7, 11) is 0. The first-order chi connectivity index (χ1) is 11.3. The van der Waals surface area contributed by atoms with Gasteiger partial charge in [-0.3, -0.25) is 0 Å². The molecule has 3 rings (SSSR count). The van der Waals surface area contributed by atoms with Crippen LogP contribution in [-0.4, -0.2) is 27.3 Å². The van der Waals surface area contributed by atoms with E-state index in [1.165, 1.54) is 24.8 Å². The molecule has 3 N–H and O–H groups in total. The highest BCUT2D eigenvalue weighted by Gasteiger charge is 2.13. The van der Waals surface area contributed by atoms with Crippen LogP contribution in [0.2, 0.25) is 0 Å². The van der Waals surface area contributed by atoms with Gasteiger partial charge in [0.25, 0.3) is 0 Å². The molecule has 1 aromatic carbocycles. The minimum atomic E-state index is 0. The average Bonchev–Trinajstić information content (AvgIpc) is 2.80. The van der Waals surface area contributed by atoms with Gasteiger partial charge in [-0.1, -0.05) is 36.8 Å². The molecule has 0 unspecified atom stereocenters. The first-order valence-electron chi connectivity index (χ1n) is 8.31. The van der Waals surface area contributed by atoms with Crippen molar-refractivity contribution in [2.24, 2.45) is 10.7 Å². The summed E-state index contributed by atoms with van der Waals surface area (Å²) < 4.78 is 2.20. The zero-order valence-corrected chi connectivity index (χ0v) is 16.1. The van der Waals surface area contributed by atoms with E-state index >= 15 is 0 Å². The van der Waals surface area contributed by atoms with Gasteiger partial charge in [0, 0.05) is 19.5 Å². The summed E-state index contributed by atoms with van der Waals surface area (Å²) in [4.78, 5) is 4.40. The summed E-state index contributed by atoms with van der Waals surface area (Å²) in [5.74, 6) is 2.46. The predicted molar refractivity (Wildman–Crippen MR) is 106 cm³/mol. The lowest BCUT2D eigenvalue weighted by Gasteiger charge is -2.07. The SMILES string of the molecule is I.NC(=NCc1nnc2n1CCCCC2)NCCc1ccccc1. The van der Waals surface area contributed by atoms with Gasteiger partial charge in [-0.15, -0.1) is 34.2 Å². The van der Waals surface area contributed by atoms with E-state index < -0.39 is 0 Å². The highest BCUT2D eigenvalue weighted by atomic mass is 127. The number of rotatable bonds is 5. The van der Waals surface area contributed by atoms with Crippen molar-refractivity contribution in [1.29, 1.82) is 0 Å². The third-order valence-corrected chi connectivity index (χ3v) is 4.14. The van der Waals surface area contributed by atoms with Crippen LogP contribution in [0, 0.1) is 0 Å². The maximum atomic E-state index is 5.94. The molecule has 0 aliphatic carbocycles. The van der Waals surface area contributed by atoms with E-state index in [4.69, 9.17) is 5.73 Å². The molecule has 0 fully saturated rings. The molecule has 0 amide bonds. The van der Waals surface area contributed by atoms with Crippen LogP contribution < -0.4 is 11.1 Å². The normalized spacial score (nSPS) is 14.4. The fraction of sp³-hybridized carbons (Fsp3) is 0.471. The number of benzene rings is 1. The van der Waals surface area contributed by atoms with Crippen molar-refractivity contribution in [2.45, 2.75) is 45.2 Å². The molecule has 0 saturated carbocycles. The van der Waals surface area contributed by atoms with E-state index in [1.807, 2.05) is 18.2 Å². The highest BCUT2D eigenvalue weighted by molar-refractivity contribution is 14.0. The Balaban J connectivity index is 0.00000208. The average molecular weight is 440 g/mol. The van der Waals surface area contributed by atoms with Gasteiger partial charge in [0.05, 0.1) is 0 Å². The number of aromatic nitrogens is 3. The number of nitrogens with two attached hydrogens (primary N) is 1. The predicted octanol–water partition coefficient (Wildman–Crippen LogP) is 2.27. The monoisotopic (exact) mass is 440 g/mol. The quantitative estimate of drug-likeness (QED) is 0.425. The van der Waals surface area contributed by atoms with E-state index in [-0.39, 0.29) is 24.0 Å². The fourth-order valence-corrected chi connectivity index (χ4v) is 2.85. The Morgan fingerprint density at radius 2 is 2.00 bits per heavy atom. The summed E-state index contributed by atoms with van der Waals surface area (Å²) in [5, 5.41) is 11.7. The van der Waals surface area contributed by atoms with Gasteiger partial charge in [0.2, 0.25) is 0 Å². The van der Waals surface area contributed by atoms with Crippen LogP contribution >= 0.6 is 24.0 Å². The van der Waals surface area contributed by atoms with E-state index in [2.05, 4.69) is 37.2 Å². The maximum Gasteiger partial charge on any atom is 0.189 e. The van der Waals surface area contributed by atoms with Gasteiger partial charge < -0.3 is 15.6 Å². The van der Waals surface area contributed by atoms with Crippen LogP contribution in [0.25, 0.3) is 0 Å². The lowest BCUT2D eigenvalue weighted by molar-refractivity contribution is 0.606. The molecule has 0 atom stereocenters. The molecule has 1 aliphatic rings. The van der Waals surface area contributed by atoms with E-state index in [0.29, 0.717) is 12.5 Å². The zero-order valence-electron chi connectivity index (χ0n) is 13.8. The maximum absolute atomic E-state index is 5.94. The second-order valence-corrected chi connectivity index (χ2v) is 5.86.